The molecule has 1 unspecified atom stereocenters. The SMILES string of the molecule is N[C@@H](CC(=O)N1CCC[C@H]1C(=O)NCC1CCC(=O)N1)Cc1ccccc1. The number of nitrogens with one attached hydrogen (secondary N) is 2. The lowest BCUT2D eigenvalue weighted by Gasteiger charge is -2.26. The van der Waals surface area contributed by atoms with Crippen molar-refractivity contribution in [3.05, 3.63) is 35.9 Å². The Balaban J connectivity index is 1.48. The number of carbonyl (C=O) groups excluding carboxylic acids is 3. The van der Waals surface area contributed by atoms with Crippen LogP contribution in [0.1, 0.15) is 37.7 Å². The number of hydrogen-bond acceptors (Lipinski definition) is 4. The molecule has 2 aliphatic heterocycles. The molecule has 0 bridgehead atoms. The highest BCUT2D eigenvalue weighted by atomic mass is 16.2. The first-order chi connectivity index (χ1) is 13.0. The Morgan fingerprint density at radius 2 is 2.04 bits per heavy atom. The van der Waals surface area contributed by atoms with Gasteiger partial charge in [-0.1, -0.05) is 30.3 Å². The topological polar surface area (TPSA) is 105 Å². The fourth-order valence-corrected chi connectivity index (χ4v) is 3.84. The van der Waals surface area contributed by atoms with E-state index in [1.54, 1.807) is 4.90 Å². The van der Waals surface area contributed by atoms with Crippen molar-refractivity contribution in [2.75, 3.05) is 13.1 Å². The van der Waals surface area contributed by atoms with E-state index in [9.17, 15) is 14.4 Å². The Labute approximate surface area is 159 Å². The van der Waals surface area contributed by atoms with Crippen LogP contribution >= 0.6 is 0 Å². The van der Waals surface area contributed by atoms with E-state index in [1.807, 2.05) is 30.3 Å². The molecule has 2 heterocycles. The van der Waals surface area contributed by atoms with Gasteiger partial charge in [0.1, 0.15) is 6.04 Å². The van der Waals surface area contributed by atoms with Crippen molar-refractivity contribution >= 4 is 17.7 Å². The molecule has 2 aliphatic rings. The van der Waals surface area contributed by atoms with Gasteiger partial charge in [0, 0.05) is 38.0 Å². The molecule has 146 valence electrons. The van der Waals surface area contributed by atoms with Gasteiger partial charge < -0.3 is 21.3 Å². The molecule has 1 aromatic carbocycles. The summed E-state index contributed by atoms with van der Waals surface area (Å²) >= 11 is 0. The molecule has 3 atom stereocenters. The first-order valence-corrected chi connectivity index (χ1v) is 9.69. The lowest BCUT2D eigenvalue weighted by Crippen LogP contribution is -2.49. The van der Waals surface area contributed by atoms with Crippen molar-refractivity contribution in [1.82, 2.24) is 15.5 Å². The minimum Gasteiger partial charge on any atom is -0.352 e. The van der Waals surface area contributed by atoms with E-state index < -0.39 is 6.04 Å². The summed E-state index contributed by atoms with van der Waals surface area (Å²) in [6.45, 7) is 1.01. The summed E-state index contributed by atoms with van der Waals surface area (Å²) in [5.41, 5.74) is 7.27. The van der Waals surface area contributed by atoms with E-state index >= 15 is 0 Å². The summed E-state index contributed by atoms with van der Waals surface area (Å²) in [6, 6.07) is 9.15. The van der Waals surface area contributed by atoms with Crippen molar-refractivity contribution in [3.8, 4) is 0 Å². The minimum atomic E-state index is -0.432. The molecular weight excluding hydrogens is 344 g/mol. The summed E-state index contributed by atoms with van der Waals surface area (Å²) in [5, 5.41) is 5.72. The third-order valence-electron chi connectivity index (χ3n) is 5.26. The summed E-state index contributed by atoms with van der Waals surface area (Å²) in [5.74, 6) is -0.178. The molecule has 0 aliphatic carbocycles. The zero-order valence-corrected chi connectivity index (χ0v) is 15.5. The van der Waals surface area contributed by atoms with Gasteiger partial charge in [0.2, 0.25) is 17.7 Å². The van der Waals surface area contributed by atoms with Crippen molar-refractivity contribution in [2.45, 2.75) is 56.7 Å². The number of nitrogens with two attached hydrogens (primary N) is 1. The van der Waals surface area contributed by atoms with Gasteiger partial charge in [0.05, 0.1) is 0 Å². The van der Waals surface area contributed by atoms with Crippen molar-refractivity contribution in [3.63, 3.8) is 0 Å². The summed E-state index contributed by atoms with van der Waals surface area (Å²) in [6.07, 6.45) is 3.60. The minimum absolute atomic E-state index is 0.00806. The van der Waals surface area contributed by atoms with E-state index in [0.29, 0.717) is 32.4 Å². The van der Waals surface area contributed by atoms with Crippen LogP contribution in [0.3, 0.4) is 0 Å². The molecule has 2 saturated heterocycles. The first kappa shape index (κ1) is 19.4. The maximum absolute atomic E-state index is 12.7. The highest BCUT2D eigenvalue weighted by Crippen LogP contribution is 2.19. The average Bonchev–Trinajstić information content (AvgIpc) is 3.29. The Morgan fingerprint density at radius 3 is 2.74 bits per heavy atom. The second kappa shape index (κ2) is 8.99. The van der Waals surface area contributed by atoms with Crippen LogP contribution in [0.25, 0.3) is 0 Å². The van der Waals surface area contributed by atoms with E-state index in [2.05, 4.69) is 10.6 Å². The number of rotatable bonds is 7. The second-order valence-electron chi connectivity index (χ2n) is 7.45. The maximum atomic E-state index is 12.7. The zero-order valence-electron chi connectivity index (χ0n) is 15.5. The molecule has 1 aromatic rings. The standard InChI is InChI=1S/C20H28N4O3/c21-15(11-14-5-2-1-3-6-14)12-19(26)24-10-4-7-17(24)20(27)22-13-16-8-9-18(25)23-16/h1-3,5-6,15-17H,4,7-13,21H2,(H,22,27)(H,23,25)/t15-,16?,17+/m1/s1. The molecule has 27 heavy (non-hydrogen) atoms. The van der Waals surface area contributed by atoms with Gasteiger partial charge in [-0.3, -0.25) is 14.4 Å². The summed E-state index contributed by atoms with van der Waals surface area (Å²) < 4.78 is 0. The highest BCUT2D eigenvalue weighted by Gasteiger charge is 2.34. The number of hydrogen-bond donors (Lipinski definition) is 3. The monoisotopic (exact) mass is 372 g/mol. The lowest BCUT2D eigenvalue weighted by atomic mass is 10.0. The quantitative estimate of drug-likeness (QED) is 0.642. The van der Waals surface area contributed by atoms with Crippen LogP contribution in [0.2, 0.25) is 0 Å². The largest absolute Gasteiger partial charge is 0.352 e. The molecule has 4 N–H and O–H groups in total. The van der Waals surface area contributed by atoms with Gasteiger partial charge >= 0.3 is 0 Å². The smallest absolute Gasteiger partial charge is 0.242 e. The Hall–Kier alpha value is -2.41. The van der Waals surface area contributed by atoms with Gasteiger partial charge in [0.15, 0.2) is 0 Å². The molecule has 3 amide bonds. The lowest BCUT2D eigenvalue weighted by molar-refractivity contribution is -0.138. The van der Waals surface area contributed by atoms with Crippen LogP contribution in [0.15, 0.2) is 30.3 Å². The van der Waals surface area contributed by atoms with Crippen molar-refractivity contribution < 1.29 is 14.4 Å². The molecule has 0 spiro atoms. The second-order valence-corrected chi connectivity index (χ2v) is 7.45. The summed E-state index contributed by atoms with van der Waals surface area (Å²) in [4.78, 5) is 38.1. The van der Waals surface area contributed by atoms with Crippen molar-refractivity contribution in [1.29, 1.82) is 0 Å². The number of likely N-dealkylation sites (tertiary alicyclic amines) is 1. The molecule has 2 fully saturated rings. The number of amides is 3. The Morgan fingerprint density at radius 1 is 1.26 bits per heavy atom. The Bertz CT molecular complexity index is 679. The van der Waals surface area contributed by atoms with E-state index in [4.69, 9.17) is 5.73 Å². The highest BCUT2D eigenvalue weighted by molar-refractivity contribution is 5.88. The maximum Gasteiger partial charge on any atom is 0.242 e. The molecule has 0 radical (unpaired) electrons. The van der Waals surface area contributed by atoms with Gasteiger partial charge in [-0.25, -0.2) is 0 Å². The van der Waals surface area contributed by atoms with E-state index in [-0.39, 0.29) is 36.2 Å². The van der Waals surface area contributed by atoms with E-state index in [1.165, 1.54) is 0 Å². The number of benzene rings is 1. The third kappa shape index (κ3) is 5.29. The first-order valence-electron chi connectivity index (χ1n) is 9.69. The number of nitrogens with zero attached hydrogens (tertiary/aromatic N) is 1. The van der Waals surface area contributed by atoms with Crippen LogP contribution < -0.4 is 16.4 Å². The molecule has 0 saturated carbocycles. The fourth-order valence-electron chi connectivity index (χ4n) is 3.84. The molecule has 0 aromatic heterocycles. The van der Waals surface area contributed by atoms with Gasteiger partial charge in [-0.2, -0.15) is 0 Å². The molecule has 7 heteroatoms. The average molecular weight is 372 g/mol. The normalized spacial score (nSPS) is 23.1. The Kier molecular flexibility index (Phi) is 6.45. The van der Waals surface area contributed by atoms with Crippen LogP contribution in [0, 0.1) is 0 Å². The van der Waals surface area contributed by atoms with Crippen LogP contribution in [-0.2, 0) is 20.8 Å². The fraction of sp³-hybridized carbons (Fsp3) is 0.550. The molecular formula is C20H28N4O3. The predicted octanol–water partition coefficient (Wildman–Crippen LogP) is 0.332. The summed E-state index contributed by atoms with van der Waals surface area (Å²) in [7, 11) is 0. The molecule has 3 rings (SSSR count). The number of carbonyl (C=O) groups is 3. The van der Waals surface area contributed by atoms with Crippen molar-refractivity contribution in [2.24, 2.45) is 5.73 Å². The zero-order chi connectivity index (χ0) is 19.2. The van der Waals surface area contributed by atoms with Gasteiger partial charge in [-0.15, -0.1) is 0 Å². The predicted molar refractivity (Wildman–Crippen MR) is 102 cm³/mol. The van der Waals surface area contributed by atoms with Crippen LogP contribution in [0.5, 0.6) is 0 Å². The van der Waals surface area contributed by atoms with Gasteiger partial charge in [-0.05, 0) is 31.2 Å². The third-order valence-corrected chi connectivity index (χ3v) is 5.26. The van der Waals surface area contributed by atoms with E-state index in [0.717, 1.165) is 18.4 Å². The molecule has 7 nitrogen and oxygen atoms in total. The van der Waals surface area contributed by atoms with Crippen LogP contribution in [0.4, 0.5) is 0 Å². The van der Waals surface area contributed by atoms with Crippen LogP contribution in [-0.4, -0.2) is 53.8 Å². The van der Waals surface area contributed by atoms with Gasteiger partial charge in [0.25, 0.3) is 0 Å².